The van der Waals surface area contributed by atoms with E-state index in [1.165, 1.54) is 19.8 Å². The van der Waals surface area contributed by atoms with Crippen molar-refractivity contribution in [3.05, 3.63) is 35.9 Å². The van der Waals surface area contributed by atoms with Crippen LogP contribution in [0, 0.1) is 6.92 Å². The van der Waals surface area contributed by atoms with Gasteiger partial charge in [0.1, 0.15) is 5.82 Å². The van der Waals surface area contributed by atoms with Gasteiger partial charge in [-0.05, 0) is 36.8 Å². The molecule has 108 valence electrons. The lowest BCUT2D eigenvalue weighted by Gasteiger charge is -2.09. The van der Waals surface area contributed by atoms with Crippen LogP contribution >= 0.6 is 0 Å². The molecular weight excluding hydrogens is 268 g/mol. The van der Waals surface area contributed by atoms with Gasteiger partial charge in [0, 0.05) is 5.56 Å². The maximum absolute atomic E-state index is 9.96. The third-order valence-electron chi connectivity index (χ3n) is 3.39. The number of hydrogen-bond acceptors (Lipinski definition) is 4. The predicted molar refractivity (Wildman–Crippen MR) is 81.0 cm³/mol. The Morgan fingerprint density at radius 3 is 2.33 bits per heavy atom. The maximum atomic E-state index is 9.96. The zero-order valence-corrected chi connectivity index (χ0v) is 12.1. The molecule has 1 heterocycles. The van der Waals surface area contributed by atoms with Crippen molar-refractivity contribution in [3.8, 4) is 28.6 Å². The monoisotopic (exact) mass is 284 g/mol. The summed E-state index contributed by atoms with van der Waals surface area (Å²) in [7, 11) is 3.00. The highest BCUT2D eigenvalue weighted by atomic mass is 16.5. The second-order valence-corrected chi connectivity index (χ2v) is 4.84. The van der Waals surface area contributed by atoms with E-state index in [-0.39, 0.29) is 5.75 Å². The molecule has 0 amide bonds. The van der Waals surface area contributed by atoms with E-state index in [9.17, 15) is 5.11 Å². The van der Waals surface area contributed by atoms with E-state index < -0.39 is 0 Å². The molecule has 0 bridgehead atoms. The summed E-state index contributed by atoms with van der Waals surface area (Å²) >= 11 is 0. The minimum Gasteiger partial charge on any atom is -0.502 e. The summed E-state index contributed by atoms with van der Waals surface area (Å²) in [5.74, 6) is 1.38. The van der Waals surface area contributed by atoms with E-state index in [1.54, 1.807) is 12.1 Å². The molecule has 1 aromatic heterocycles. The number of rotatable bonds is 3. The van der Waals surface area contributed by atoms with Crippen LogP contribution in [0.5, 0.6) is 17.2 Å². The molecule has 21 heavy (non-hydrogen) atoms. The summed E-state index contributed by atoms with van der Waals surface area (Å²) in [6.07, 6.45) is 0. The number of imidazole rings is 1. The summed E-state index contributed by atoms with van der Waals surface area (Å²) in [6.45, 7) is 2.03. The van der Waals surface area contributed by atoms with E-state index in [0.717, 1.165) is 16.6 Å². The Bertz CT molecular complexity index is 783. The summed E-state index contributed by atoms with van der Waals surface area (Å²) in [6, 6.07) is 9.48. The molecule has 0 aliphatic carbocycles. The standard InChI is InChI=1S/C16H16N2O3/c1-9-4-5-11-12(6-9)18-16(17-11)10-7-13(20-2)15(19)14(8-10)21-3/h4-8,19H,1-3H3,(H,17,18). The fraction of sp³-hybridized carbons (Fsp3) is 0.188. The average Bonchev–Trinajstić information content (AvgIpc) is 2.90. The molecule has 3 rings (SSSR count). The Balaban J connectivity index is 2.17. The third-order valence-corrected chi connectivity index (χ3v) is 3.39. The Morgan fingerprint density at radius 2 is 1.71 bits per heavy atom. The number of fused-ring (bicyclic) bond motifs is 1. The number of ether oxygens (including phenoxy) is 2. The topological polar surface area (TPSA) is 67.4 Å². The lowest BCUT2D eigenvalue weighted by atomic mass is 10.1. The highest BCUT2D eigenvalue weighted by Crippen LogP contribution is 2.39. The van der Waals surface area contributed by atoms with Crippen molar-refractivity contribution in [1.29, 1.82) is 0 Å². The molecule has 5 nitrogen and oxygen atoms in total. The van der Waals surface area contributed by atoms with Gasteiger partial charge in [-0.1, -0.05) is 6.07 Å². The van der Waals surface area contributed by atoms with Gasteiger partial charge < -0.3 is 19.6 Å². The first-order valence-corrected chi connectivity index (χ1v) is 6.54. The minimum atomic E-state index is -0.0179. The van der Waals surface area contributed by atoms with Crippen molar-refractivity contribution in [1.82, 2.24) is 9.97 Å². The number of phenolic OH excluding ortho intramolecular Hbond substituents is 1. The lowest BCUT2D eigenvalue weighted by Crippen LogP contribution is -1.91. The molecule has 5 heteroatoms. The highest BCUT2D eigenvalue weighted by molar-refractivity contribution is 5.80. The maximum Gasteiger partial charge on any atom is 0.200 e. The van der Waals surface area contributed by atoms with Crippen molar-refractivity contribution >= 4 is 11.0 Å². The first-order valence-electron chi connectivity index (χ1n) is 6.54. The van der Waals surface area contributed by atoms with Crippen LogP contribution in [0.1, 0.15) is 5.56 Å². The fourth-order valence-corrected chi connectivity index (χ4v) is 2.29. The number of aromatic amines is 1. The molecule has 0 fully saturated rings. The highest BCUT2D eigenvalue weighted by Gasteiger charge is 2.14. The second-order valence-electron chi connectivity index (χ2n) is 4.84. The van der Waals surface area contributed by atoms with Crippen LogP contribution in [0.4, 0.5) is 0 Å². The molecule has 0 unspecified atom stereocenters. The molecule has 0 aliphatic rings. The molecule has 0 saturated carbocycles. The number of nitrogens with zero attached hydrogens (tertiary/aromatic N) is 1. The Morgan fingerprint density at radius 1 is 1.05 bits per heavy atom. The molecule has 0 radical (unpaired) electrons. The van der Waals surface area contributed by atoms with Crippen LogP contribution in [0.15, 0.2) is 30.3 Å². The zero-order valence-electron chi connectivity index (χ0n) is 12.1. The van der Waals surface area contributed by atoms with Gasteiger partial charge in [0.2, 0.25) is 5.75 Å². The number of aromatic nitrogens is 2. The summed E-state index contributed by atoms with van der Waals surface area (Å²) < 4.78 is 10.3. The number of nitrogens with one attached hydrogen (secondary N) is 1. The summed E-state index contributed by atoms with van der Waals surface area (Å²) in [5.41, 5.74) is 3.81. The number of benzene rings is 2. The smallest absolute Gasteiger partial charge is 0.200 e. The number of hydrogen-bond donors (Lipinski definition) is 2. The van der Waals surface area contributed by atoms with Crippen molar-refractivity contribution in [3.63, 3.8) is 0 Å². The van der Waals surface area contributed by atoms with E-state index in [4.69, 9.17) is 9.47 Å². The van der Waals surface area contributed by atoms with E-state index >= 15 is 0 Å². The molecular formula is C16H16N2O3. The summed E-state index contributed by atoms with van der Waals surface area (Å²) in [5, 5.41) is 9.96. The van der Waals surface area contributed by atoms with Crippen molar-refractivity contribution in [2.24, 2.45) is 0 Å². The van der Waals surface area contributed by atoms with Crippen LogP contribution in [-0.4, -0.2) is 29.3 Å². The van der Waals surface area contributed by atoms with E-state index in [0.29, 0.717) is 17.3 Å². The Labute approximate surface area is 122 Å². The van der Waals surface area contributed by atoms with E-state index in [2.05, 4.69) is 9.97 Å². The number of phenols is 1. The molecule has 3 aromatic rings. The van der Waals surface area contributed by atoms with Crippen molar-refractivity contribution < 1.29 is 14.6 Å². The van der Waals surface area contributed by atoms with Gasteiger partial charge in [0.15, 0.2) is 11.5 Å². The number of aryl methyl sites for hydroxylation is 1. The number of methoxy groups -OCH3 is 2. The fourth-order valence-electron chi connectivity index (χ4n) is 2.29. The SMILES string of the molecule is COc1cc(-c2nc3ccc(C)cc3[nH]2)cc(OC)c1O. The van der Waals surface area contributed by atoms with Gasteiger partial charge in [0.05, 0.1) is 25.3 Å². The Hall–Kier alpha value is -2.69. The average molecular weight is 284 g/mol. The van der Waals surface area contributed by atoms with Crippen LogP contribution < -0.4 is 9.47 Å². The van der Waals surface area contributed by atoms with Crippen LogP contribution in [0.3, 0.4) is 0 Å². The molecule has 0 atom stereocenters. The third kappa shape index (κ3) is 2.27. The van der Waals surface area contributed by atoms with Crippen molar-refractivity contribution in [2.75, 3.05) is 14.2 Å². The molecule has 2 N–H and O–H groups in total. The predicted octanol–water partition coefficient (Wildman–Crippen LogP) is 3.26. The first kappa shape index (κ1) is 13.3. The number of aromatic hydroxyl groups is 1. The Kier molecular flexibility index (Phi) is 3.17. The quantitative estimate of drug-likeness (QED) is 0.774. The largest absolute Gasteiger partial charge is 0.502 e. The van der Waals surface area contributed by atoms with Gasteiger partial charge in [-0.2, -0.15) is 0 Å². The molecule has 2 aromatic carbocycles. The molecule has 0 aliphatic heterocycles. The van der Waals surface area contributed by atoms with Crippen molar-refractivity contribution in [2.45, 2.75) is 6.92 Å². The van der Waals surface area contributed by atoms with Crippen LogP contribution in [0.25, 0.3) is 22.4 Å². The zero-order chi connectivity index (χ0) is 15.0. The number of H-pyrrole nitrogens is 1. The van der Waals surface area contributed by atoms with Gasteiger partial charge >= 0.3 is 0 Å². The van der Waals surface area contributed by atoms with Gasteiger partial charge in [0.25, 0.3) is 0 Å². The molecule has 0 spiro atoms. The van der Waals surface area contributed by atoms with Gasteiger partial charge in [-0.25, -0.2) is 4.98 Å². The summed E-state index contributed by atoms with van der Waals surface area (Å²) in [4.78, 5) is 7.83. The van der Waals surface area contributed by atoms with E-state index in [1.807, 2.05) is 25.1 Å². The lowest BCUT2D eigenvalue weighted by molar-refractivity contribution is 0.340. The van der Waals surface area contributed by atoms with Gasteiger partial charge in [-0.15, -0.1) is 0 Å². The van der Waals surface area contributed by atoms with Crippen LogP contribution in [-0.2, 0) is 0 Å². The first-order chi connectivity index (χ1) is 10.1. The minimum absolute atomic E-state index is 0.0179. The second kappa shape index (κ2) is 5.01. The molecule has 0 saturated heterocycles. The van der Waals surface area contributed by atoms with Crippen LogP contribution in [0.2, 0.25) is 0 Å². The van der Waals surface area contributed by atoms with Gasteiger partial charge in [-0.3, -0.25) is 0 Å². The normalized spacial score (nSPS) is 10.8.